The van der Waals surface area contributed by atoms with Crippen molar-refractivity contribution in [3.8, 4) is 0 Å². The molecule has 3 heteroatoms. The van der Waals surface area contributed by atoms with Crippen LogP contribution in [0.25, 0.3) is 0 Å². The van der Waals surface area contributed by atoms with Gasteiger partial charge in [-0.2, -0.15) is 11.8 Å². The highest BCUT2D eigenvalue weighted by Gasteiger charge is 2.17. The standard InChI is InChI=1S/C13H18OS2/c14-12(3-4-13-2-1-7-16-13)10-11-5-8-15-9-6-11/h1-2,7,11H,3-6,8-10H2. The summed E-state index contributed by atoms with van der Waals surface area (Å²) < 4.78 is 0. The number of carbonyl (C=O) groups excluding carboxylic acids is 1. The molecule has 0 atom stereocenters. The van der Waals surface area contributed by atoms with Gasteiger partial charge in [0, 0.05) is 17.7 Å². The summed E-state index contributed by atoms with van der Waals surface area (Å²) in [7, 11) is 0. The maximum Gasteiger partial charge on any atom is 0.133 e. The highest BCUT2D eigenvalue weighted by molar-refractivity contribution is 7.99. The van der Waals surface area contributed by atoms with Crippen molar-refractivity contribution >= 4 is 28.9 Å². The Kier molecular flexibility index (Phi) is 4.91. The number of Topliss-reactive ketones (excluding diaryl/α,β-unsaturated/α-hetero) is 1. The van der Waals surface area contributed by atoms with Gasteiger partial charge in [-0.25, -0.2) is 0 Å². The summed E-state index contributed by atoms with van der Waals surface area (Å²) in [6, 6.07) is 4.18. The van der Waals surface area contributed by atoms with E-state index >= 15 is 0 Å². The minimum absolute atomic E-state index is 0.463. The summed E-state index contributed by atoms with van der Waals surface area (Å²) in [6.45, 7) is 0. The molecular weight excluding hydrogens is 236 g/mol. The number of ketones is 1. The molecule has 0 bridgehead atoms. The van der Waals surface area contributed by atoms with Gasteiger partial charge in [-0.15, -0.1) is 11.3 Å². The van der Waals surface area contributed by atoms with Crippen molar-refractivity contribution in [2.24, 2.45) is 5.92 Å². The van der Waals surface area contributed by atoms with Crippen molar-refractivity contribution in [2.45, 2.75) is 32.1 Å². The number of rotatable bonds is 5. The van der Waals surface area contributed by atoms with Crippen LogP contribution < -0.4 is 0 Å². The summed E-state index contributed by atoms with van der Waals surface area (Å²) in [6.07, 6.45) is 5.00. The molecule has 1 nitrogen and oxygen atoms in total. The van der Waals surface area contributed by atoms with Crippen LogP contribution in [0.1, 0.15) is 30.6 Å². The van der Waals surface area contributed by atoms with E-state index in [0.29, 0.717) is 11.7 Å². The van der Waals surface area contributed by atoms with Crippen molar-refractivity contribution in [3.63, 3.8) is 0 Å². The van der Waals surface area contributed by atoms with Gasteiger partial charge in [-0.1, -0.05) is 6.07 Å². The predicted molar refractivity (Wildman–Crippen MR) is 72.3 cm³/mol. The number of hydrogen-bond donors (Lipinski definition) is 0. The molecule has 1 aromatic heterocycles. The van der Waals surface area contributed by atoms with Crippen LogP contribution in [0.15, 0.2) is 17.5 Å². The fourth-order valence-corrected chi connectivity index (χ4v) is 4.01. The number of hydrogen-bond acceptors (Lipinski definition) is 3. The molecule has 0 saturated carbocycles. The lowest BCUT2D eigenvalue weighted by Gasteiger charge is -2.20. The second kappa shape index (κ2) is 6.45. The van der Waals surface area contributed by atoms with Gasteiger partial charge in [0.15, 0.2) is 0 Å². The maximum absolute atomic E-state index is 11.8. The average Bonchev–Trinajstić information content (AvgIpc) is 2.81. The Balaban J connectivity index is 1.67. The highest BCUT2D eigenvalue weighted by Crippen LogP contribution is 2.26. The Morgan fingerprint density at radius 2 is 2.19 bits per heavy atom. The third-order valence-corrected chi connectivity index (χ3v) is 5.07. The molecule has 0 spiro atoms. The molecule has 0 aliphatic carbocycles. The van der Waals surface area contributed by atoms with Crippen LogP contribution in [0.2, 0.25) is 0 Å². The molecule has 0 aromatic carbocycles. The zero-order chi connectivity index (χ0) is 11.2. The zero-order valence-corrected chi connectivity index (χ0v) is 11.1. The summed E-state index contributed by atoms with van der Waals surface area (Å²) in [5.74, 6) is 3.65. The van der Waals surface area contributed by atoms with Gasteiger partial charge < -0.3 is 0 Å². The number of carbonyl (C=O) groups is 1. The number of thioether (sulfide) groups is 1. The van der Waals surface area contributed by atoms with Crippen LogP contribution in [0.5, 0.6) is 0 Å². The first-order valence-electron chi connectivity index (χ1n) is 5.96. The van der Waals surface area contributed by atoms with Crippen molar-refractivity contribution < 1.29 is 4.79 Å². The van der Waals surface area contributed by atoms with Crippen LogP contribution >= 0.6 is 23.1 Å². The summed E-state index contributed by atoms with van der Waals surface area (Å²) in [4.78, 5) is 13.1. The van der Waals surface area contributed by atoms with Gasteiger partial charge in [-0.3, -0.25) is 4.79 Å². The normalized spacial score (nSPS) is 17.5. The molecule has 16 heavy (non-hydrogen) atoms. The lowest BCUT2D eigenvalue weighted by Crippen LogP contribution is -2.14. The Morgan fingerprint density at radius 3 is 2.88 bits per heavy atom. The molecular formula is C13H18OS2. The second-order valence-electron chi connectivity index (χ2n) is 4.38. The minimum Gasteiger partial charge on any atom is -0.300 e. The quantitative estimate of drug-likeness (QED) is 0.795. The van der Waals surface area contributed by atoms with E-state index in [2.05, 4.69) is 17.5 Å². The highest BCUT2D eigenvalue weighted by atomic mass is 32.2. The van der Waals surface area contributed by atoms with Gasteiger partial charge in [0.1, 0.15) is 5.78 Å². The zero-order valence-electron chi connectivity index (χ0n) is 9.48. The monoisotopic (exact) mass is 254 g/mol. The van der Waals surface area contributed by atoms with Crippen LogP contribution in [0.3, 0.4) is 0 Å². The van der Waals surface area contributed by atoms with Gasteiger partial charge >= 0.3 is 0 Å². The van der Waals surface area contributed by atoms with Crippen molar-refractivity contribution in [2.75, 3.05) is 11.5 Å². The summed E-state index contributed by atoms with van der Waals surface area (Å²) in [5.41, 5.74) is 0. The lowest BCUT2D eigenvalue weighted by molar-refractivity contribution is -0.120. The van der Waals surface area contributed by atoms with Crippen LogP contribution in [-0.4, -0.2) is 17.3 Å². The van der Waals surface area contributed by atoms with Gasteiger partial charge in [0.2, 0.25) is 0 Å². The molecule has 1 saturated heterocycles. The van der Waals surface area contributed by atoms with E-state index in [-0.39, 0.29) is 0 Å². The second-order valence-corrected chi connectivity index (χ2v) is 6.63. The van der Waals surface area contributed by atoms with Gasteiger partial charge in [-0.05, 0) is 48.1 Å². The molecule has 88 valence electrons. The number of thiophene rings is 1. The molecule has 1 aliphatic heterocycles. The maximum atomic E-state index is 11.8. The first-order valence-corrected chi connectivity index (χ1v) is 8.00. The molecule has 1 fully saturated rings. The minimum atomic E-state index is 0.463. The van der Waals surface area contributed by atoms with Crippen molar-refractivity contribution in [3.05, 3.63) is 22.4 Å². The number of aryl methyl sites for hydroxylation is 1. The SMILES string of the molecule is O=C(CCc1cccs1)CC1CCSCC1. The Bertz CT molecular complexity index is 313. The first-order chi connectivity index (χ1) is 7.84. The van der Waals surface area contributed by atoms with Gasteiger partial charge in [0.25, 0.3) is 0 Å². The third kappa shape index (κ3) is 3.95. The van der Waals surface area contributed by atoms with E-state index in [1.165, 1.54) is 29.2 Å². The average molecular weight is 254 g/mol. The molecule has 0 unspecified atom stereocenters. The largest absolute Gasteiger partial charge is 0.300 e. The van der Waals surface area contributed by atoms with Gasteiger partial charge in [0.05, 0.1) is 0 Å². The molecule has 1 aromatic rings. The molecule has 0 radical (unpaired) electrons. The summed E-state index contributed by atoms with van der Waals surface area (Å²) >= 11 is 3.78. The molecule has 0 amide bonds. The lowest BCUT2D eigenvalue weighted by atomic mass is 9.95. The van der Waals surface area contributed by atoms with E-state index in [9.17, 15) is 4.79 Å². The predicted octanol–water partition coefficient (Wildman–Crippen LogP) is 3.78. The third-order valence-electron chi connectivity index (χ3n) is 3.09. The summed E-state index contributed by atoms with van der Waals surface area (Å²) in [5, 5.41) is 2.08. The first kappa shape index (κ1) is 12.2. The van der Waals surface area contributed by atoms with Crippen LogP contribution in [0, 0.1) is 5.92 Å². The van der Waals surface area contributed by atoms with Crippen molar-refractivity contribution in [1.29, 1.82) is 0 Å². The van der Waals surface area contributed by atoms with E-state index in [4.69, 9.17) is 0 Å². The van der Waals surface area contributed by atoms with E-state index < -0.39 is 0 Å². The molecule has 2 rings (SSSR count). The van der Waals surface area contributed by atoms with E-state index in [1.54, 1.807) is 11.3 Å². The fourth-order valence-electron chi connectivity index (χ4n) is 2.09. The smallest absolute Gasteiger partial charge is 0.133 e. The topological polar surface area (TPSA) is 17.1 Å². The van der Waals surface area contributed by atoms with E-state index in [0.717, 1.165) is 19.3 Å². The molecule has 0 N–H and O–H groups in total. The Labute approximate surface area is 106 Å². The molecule has 2 heterocycles. The molecule has 1 aliphatic rings. The Hall–Kier alpha value is -0.280. The van der Waals surface area contributed by atoms with Crippen LogP contribution in [0.4, 0.5) is 0 Å². The van der Waals surface area contributed by atoms with E-state index in [1.807, 2.05) is 11.8 Å². The Morgan fingerprint density at radius 1 is 1.38 bits per heavy atom. The van der Waals surface area contributed by atoms with Crippen LogP contribution in [-0.2, 0) is 11.2 Å². The fraction of sp³-hybridized carbons (Fsp3) is 0.615. The van der Waals surface area contributed by atoms with Crippen molar-refractivity contribution in [1.82, 2.24) is 0 Å².